The summed E-state index contributed by atoms with van der Waals surface area (Å²) in [5.41, 5.74) is 4.45. The molecule has 0 radical (unpaired) electrons. The molecule has 0 aliphatic carbocycles. The number of nitrogens with one attached hydrogen (secondary N) is 1. The number of carbonyl (C=O) groups is 1. The Hall–Kier alpha value is -2.20. The Morgan fingerprint density at radius 3 is 2.42 bits per heavy atom. The minimum atomic E-state index is -3.75. The number of amides is 1. The highest BCUT2D eigenvalue weighted by atomic mass is 32.2. The SMILES string of the molecule is Cc1csc(Sc2ccc(NC(=O)CN(C)S(=O)(=O)c3ccc(C)c(C)c3)c(C)c2)n1. The summed E-state index contributed by atoms with van der Waals surface area (Å²) in [7, 11) is -2.34. The van der Waals surface area contributed by atoms with Crippen LogP contribution in [0.15, 0.2) is 55.9 Å². The molecule has 3 rings (SSSR count). The second-order valence-corrected chi connectivity index (χ2v) is 11.6. The molecule has 1 N–H and O–H groups in total. The van der Waals surface area contributed by atoms with Gasteiger partial charge in [-0.1, -0.05) is 17.8 Å². The van der Waals surface area contributed by atoms with Crippen molar-refractivity contribution >= 4 is 44.7 Å². The molecule has 1 amide bonds. The zero-order valence-corrected chi connectivity index (χ0v) is 20.5. The van der Waals surface area contributed by atoms with E-state index in [1.54, 1.807) is 41.3 Å². The van der Waals surface area contributed by atoms with E-state index in [2.05, 4.69) is 10.3 Å². The third-order valence-electron chi connectivity index (χ3n) is 4.83. The Balaban J connectivity index is 1.66. The summed E-state index contributed by atoms with van der Waals surface area (Å²) in [5.74, 6) is -0.394. The van der Waals surface area contributed by atoms with Gasteiger partial charge in [0.2, 0.25) is 15.9 Å². The number of aryl methyl sites for hydroxylation is 4. The van der Waals surface area contributed by atoms with E-state index >= 15 is 0 Å². The maximum atomic E-state index is 12.8. The molecule has 0 saturated heterocycles. The van der Waals surface area contributed by atoms with Gasteiger partial charge in [-0.05, 0) is 74.7 Å². The van der Waals surface area contributed by atoms with Crippen LogP contribution in [-0.2, 0) is 14.8 Å². The fourth-order valence-electron chi connectivity index (χ4n) is 2.85. The van der Waals surface area contributed by atoms with E-state index in [9.17, 15) is 13.2 Å². The summed E-state index contributed by atoms with van der Waals surface area (Å²) in [6.45, 7) is 7.38. The number of rotatable bonds is 7. The highest BCUT2D eigenvalue weighted by Crippen LogP contribution is 2.32. The molecular weight excluding hydrogens is 450 g/mol. The number of anilines is 1. The van der Waals surface area contributed by atoms with E-state index in [4.69, 9.17) is 0 Å². The molecule has 0 fully saturated rings. The van der Waals surface area contributed by atoms with E-state index < -0.39 is 15.9 Å². The number of aromatic nitrogens is 1. The Labute approximate surface area is 191 Å². The van der Waals surface area contributed by atoms with Gasteiger partial charge in [-0.2, -0.15) is 4.31 Å². The molecule has 0 aliphatic heterocycles. The second kappa shape index (κ2) is 9.52. The van der Waals surface area contributed by atoms with Crippen LogP contribution in [0.4, 0.5) is 5.69 Å². The number of thiazole rings is 1. The molecule has 1 aromatic heterocycles. The Bertz CT molecular complexity index is 1220. The molecule has 0 saturated carbocycles. The van der Waals surface area contributed by atoms with Crippen LogP contribution in [0.2, 0.25) is 0 Å². The lowest BCUT2D eigenvalue weighted by Crippen LogP contribution is -2.35. The van der Waals surface area contributed by atoms with Crippen molar-refractivity contribution in [3.63, 3.8) is 0 Å². The zero-order chi connectivity index (χ0) is 22.8. The van der Waals surface area contributed by atoms with Crippen molar-refractivity contribution in [1.29, 1.82) is 0 Å². The van der Waals surface area contributed by atoms with E-state index in [1.165, 1.54) is 7.05 Å². The van der Waals surface area contributed by atoms with Gasteiger partial charge < -0.3 is 5.32 Å². The van der Waals surface area contributed by atoms with Crippen LogP contribution in [0.3, 0.4) is 0 Å². The summed E-state index contributed by atoms with van der Waals surface area (Å²) >= 11 is 3.16. The van der Waals surface area contributed by atoms with Crippen molar-refractivity contribution in [3.05, 3.63) is 64.2 Å². The van der Waals surface area contributed by atoms with Crippen LogP contribution in [0.5, 0.6) is 0 Å². The number of likely N-dealkylation sites (N-methyl/N-ethyl adjacent to an activating group) is 1. The standard InChI is InChI=1S/C22H25N3O3S3/c1-14-6-8-19(11-15(14)2)31(27,28)25(5)12-21(26)24-20-9-7-18(10-16(20)3)30-22-23-17(4)13-29-22/h6-11,13H,12H2,1-5H3,(H,24,26). The third-order valence-corrected chi connectivity index (χ3v) is 8.67. The normalized spacial score (nSPS) is 11.7. The summed E-state index contributed by atoms with van der Waals surface area (Å²) in [6, 6.07) is 10.7. The number of carbonyl (C=O) groups excluding carboxylic acids is 1. The Kier molecular flexibility index (Phi) is 7.20. The minimum absolute atomic E-state index is 0.181. The van der Waals surface area contributed by atoms with Crippen molar-refractivity contribution in [2.75, 3.05) is 18.9 Å². The molecule has 2 aromatic carbocycles. The molecule has 0 spiro atoms. The van der Waals surface area contributed by atoms with Crippen LogP contribution in [0, 0.1) is 27.7 Å². The van der Waals surface area contributed by atoms with Crippen LogP contribution in [0.25, 0.3) is 0 Å². The summed E-state index contributed by atoms with van der Waals surface area (Å²) < 4.78 is 27.6. The van der Waals surface area contributed by atoms with E-state index in [0.29, 0.717) is 5.69 Å². The van der Waals surface area contributed by atoms with Crippen LogP contribution in [-0.4, -0.2) is 37.2 Å². The van der Waals surface area contributed by atoms with Crippen LogP contribution < -0.4 is 5.32 Å². The first-order valence-electron chi connectivity index (χ1n) is 9.60. The molecule has 0 aliphatic rings. The lowest BCUT2D eigenvalue weighted by Gasteiger charge is -2.18. The summed E-state index contributed by atoms with van der Waals surface area (Å²) in [6.07, 6.45) is 0. The van der Waals surface area contributed by atoms with Gasteiger partial charge in [-0.15, -0.1) is 11.3 Å². The number of nitrogens with zero attached hydrogens (tertiary/aromatic N) is 2. The van der Waals surface area contributed by atoms with Crippen molar-refractivity contribution < 1.29 is 13.2 Å². The zero-order valence-electron chi connectivity index (χ0n) is 18.1. The van der Waals surface area contributed by atoms with E-state index in [0.717, 1.165) is 35.9 Å². The fourth-order valence-corrected chi connectivity index (χ4v) is 5.97. The fraction of sp³-hybridized carbons (Fsp3) is 0.273. The van der Waals surface area contributed by atoms with Crippen molar-refractivity contribution in [1.82, 2.24) is 9.29 Å². The molecule has 0 bridgehead atoms. The minimum Gasteiger partial charge on any atom is -0.325 e. The van der Waals surface area contributed by atoms with Crippen molar-refractivity contribution in [2.24, 2.45) is 0 Å². The van der Waals surface area contributed by atoms with Gasteiger partial charge in [0.1, 0.15) is 0 Å². The number of benzene rings is 2. The molecule has 9 heteroatoms. The lowest BCUT2D eigenvalue weighted by molar-refractivity contribution is -0.116. The first-order valence-corrected chi connectivity index (χ1v) is 12.7. The topological polar surface area (TPSA) is 79.4 Å². The molecule has 0 unspecified atom stereocenters. The highest BCUT2D eigenvalue weighted by molar-refractivity contribution is 8.01. The molecule has 31 heavy (non-hydrogen) atoms. The molecule has 164 valence electrons. The predicted octanol–water partition coefficient (Wildman–Crippen LogP) is 4.79. The van der Waals surface area contributed by atoms with Crippen LogP contribution in [0.1, 0.15) is 22.4 Å². The molecule has 0 atom stereocenters. The maximum absolute atomic E-state index is 12.8. The Morgan fingerprint density at radius 1 is 1.06 bits per heavy atom. The lowest BCUT2D eigenvalue weighted by atomic mass is 10.1. The maximum Gasteiger partial charge on any atom is 0.243 e. The largest absolute Gasteiger partial charge is 0.325 e. The smallest absolute Gasteiger partial charge is 0.243 e. The highest BCUT2D eigenvalue weighted by Gasteiger charge is 2.23. The Morgan fingerprint density at radius 2 is 1.81 bits per heavy atom. The molecule has 1 heterocycles. The van der Waals surface area contributed by atoms with Crippen LogP contribution >= 0.6 is 23.1 Å². The van der Waals surface area contributed by atoms with Gasteiger partial charge in [0.05, 0.1) is 11.4 Å². The molecule has 6 nitrogen and oxygen atoms in total. The average molecular weight is 476 g/mol. The predicted molar refractivity (Wildman–Crippen MR) is 127 cm³/mol. The van der Waals surface area contributed by atoms with Gasteiger partial charge >= 0.3 is 0 Å². The molecular formula is C22H25N3O3S3. The first kappa shape index (κ1) is 23.5. The number of sulfonamides is 1. The van der Waals surface area contributed by atoms with Gasteiger partial charge in [0.15, 0.2) is 4.34 Å². The summed E-state index contributed by atoms with van der Waals surface area (Å²) in [4.78, 5) is 18.2. The van der Waals surface area contributed by atoms with Gasteiger partial charge in [-0.3, -0.25) is 4.79 Å². The van der Waals surface area contributed by atoms with Gasteiger partial charge in [0.25, 0.3) is 0 Å². The molecule has 3 aromatic rings. The summed E-state index contributed by atoms with van der Waals surface area (Å²) in [5, 5.41) is 4.82. The number of hydrogen-bond donors (Lipinski definition) is 1. The van der Waals surface area contributed by atoms with E-state index in [-0.39, 0.29) is 11.4 Å². The average Bonchev–Trinajstić information content (AvgIpc) is 3.10. The third kappa shape index (κ3) is 5.74. The van der Waals surface area contributed by atoms with Gasteiger partial charge in [-0.25, -0.2) is 13.4 Å². The first-order chi connectivity index (χ1) is 14.6. The van der Waals surface area contributed by atoms with Crippen molar-refractivity contribution in [2.45, 2.75) is 41.8 Å². The van der Waals surface area contributed by atoms with Gasteiger partial charge in [0, 0.05) is 28.7 Å². The quantitative estimate of drug-likeness (QED) is 0.532. The number of hydrogen-bond acceptors (Lipinski definition) is 6. The second-order valence-electron chi connectivity index (χ2n) is 7.39. The van der Waals surface area contributed by atoms with E-state index in [1.807, 2.05) is 51.3 Å². The monoisotopic (exact) mass is 475 g/mol. The van der Waals surface area contributed by atoms with Crippen molar-refractivity contribution in [3.8, 4) is 0 Å².